The van der Waals surface area contributed by atoms with Crippen LogP contribution in [0.3, 0.4) is 0 Å². The molecule has 0 bridgehead atoms. The molecule has 1 aromatic carbocycles. The van der Waals surface area contributed by atoms with Crippen LogP contribution in [0.15, 0.2) is 43.0 Å². The van der Waals surface area contributed by atoms with Crippen molar-refractivity contribution in [3.05, 3.63) is 70.5 Å². The van der Waals surface area contributed by atoms with Gasteiger partial charge in [0.25, 0.3) is 0 Å². The molecule has 0 aliphatic heterocycles. The number of methoxy groups -OCH3 is 1. The van der Waals surface area contributed by atoms with Gasteiger partial charge in [-0.3, -0.25) is 0 Å². The molecule has 0 amide bonds. The Morgan fingerprint density at radius 2 is 1.65 bits per heavy atom. The van der Waals surface area contributed by atoms with Gasteiger partial charge in [-0.05, 0) is 73.9 Å². The van der Waals surface area contributed by atoms with Gasteiger partial charge in [0, 0.05) is 24.8 Å². The van der Waals surface area contributed by atoms with E-state index in [-0.39, 0.29) is 23.0 Å². The summed E-state index contributed by atoms with van der Waals surface area (Å²) < 4.78 is 15.9. The minimum atomic E-state index is -0.496. The second-order valence-corrected chi connectivity index (χ2v) is 8.92. The van der Waals surface area contributed by atoms with E-state index in [9.17, 15) is 9.59 Å². The highest BCUT2D eigenvalue weighted by Crippen LogP contribution is 2.44. The second-order valence-electron chi connectivity index (χ2n) is 8.58. The molecule has 0 saturated heterocycles. The first-order chi connectivity index (χ1) is 17.9. The number of hydrogen-bond donors (Lipinski definition) is 1. The summed E-state index contributed by atoms with van der Waals surface area (Å²) in [7, 11) is 1.63. The number of benzene rings is 1. The van der Waals surface area contributed by atoms with Gasteiger partial charge in [0.15, 0.2) is 0 Å². The van der Waals surface area contributed by atoms with Crippen molar-refractivity contribution in [3.63, 3.8) is 0 Å². The molecule has 0 radical (unpaired) electrons. The quantitative estimate of drug-likeness (QED) is 0.219. The van der Waals surface area contributed by atoms with Gasteiger partial charge in [-0.2, -0.15) is 0 Å². The molecule has 3 aromatic rings. The van der Waals surface area contributed by atoms with E-state index in [2.05, 4.69) is 31.3 Å². The Balaban J connectivity index is 1.41. The molecule has 1 saturated carbocycles. The molecule has 0 unspecified atom stereocenters. The fourth-order valence-corrected chi connectivity index (χ4v) is 4.24. The lowest BCUT2D eigenvalue weighted by Crippen LogP contribution is -2.42. The predicted molar refractivity (Wildman–Crippen MR) is 136 cm³/mol. The minimum absolute atomic E-state index is 0.0718. The standard InChI is InChI=1S/C26H28ClN5O5/c1-3-36-22(33)19-15-30-25(31-16-19)32-26(9-5-10-26)20-7-8-21(35-2)17(12-20)6-4-11-37-23(34)18-13-28-24(27)29-14-18/h7-8,12-16H,3-6,9-11H2,1-2H3,(H,30,31,32). The zero-order valence-corrected chi connectivity index (χ0v) is 21.5. The molecule has 194 valence electrons. The van der Waals surface area contributed by atoms with Gasteiger partial charge in [-0.15, -0.1) is 0 Å². The van der Waals surface area contributed by atoms with Crippen molar-refractivity contribution >= 4 is 29.5 Å². The Hall–Kier alpha value is -3.79. The SMILES string of the molecule is CCOC(=O)c1cnc(NC2(c3ccc(OC)c(CCCOC(=O)c4cnc(Cl)nc4)c3)CCC2)nc1. The highest BCUT2D eigenvalue weighted by Gasteiger charge is 2.39. The molecule has 37 heavy (non-hydrogen) atoms. The smallest absolute Gasteiger partial charge is 0.341 e. The molecule has 0 spiro atoms. The zero-order valence-electron chi connectivity index (χ0n) is 20.7. The fourth-order valence-electron chi connectivity index (χ4n) is 4.14. The third-order valence-corrected chi connectivity index (χ3v) is 6.43. The van der Waals surface area contributed by atoms with E-state index in [1.807, 2.05) is 12.1 Å². The molecule has 11 heteroatoms. The molecule has 1 aliphatic rings. The summed E-state index contributed by atoms with van der Waals surface area (Å²) in [6.45, 7) is 2.28. The summed E-state index contributed by atoms with van der Waals surface area (Å²) in [5.74, 6) is 0.275. The van der Waals surface area contributed by atoms with Crippen LogP contribution in [0.2, 0.25) is 5.28 Å². The summed E-state index contributed by atoms with van der Waals surface area (Å²) in [6, 6.07) is 6.11. The fraction of sp³-hybridized carbons (Fsp3) is 0.385. The number of aryl methyl sites for hydroxylation is 1. The third-order valence-electron chi connectivity index (χ3n) is 6.23. The van der Waals surface area contributed by atoms with E-state index in [4.69, 9.17) is 25.8 Å². The van der Waals surface area contributed by atoms with Crippen molar-refractivity contribution < 1.29 is 23.8 Å². The summed E-state index contributed by atoms with van der Waals surface area (Å²) in [5.41, 5.74) is 2.36. The van der Waals surface area contributed by atoms with Crippen molar-refractivity contribution in [2.45, 2.75) is 44.6 Å². The van der Waals surface area contributed by atoms with Crippen LogP contribution in [-0.2, 0) is 21.4 Å². The van der Waals surface area contributed by atoms with Gasteiger partial charge >= 0.3 is 11.9 Å². The third kappa shape index (κ3) is 6.32. The average Bonchev–Trinajstić information content (AvgIpc) is 2.89. The van der Waals surface area contributed by atoms with Gasteiger partial charge in [0.05, 0.1) is 37.0 Å². The highest BCUT2D eigenvalue weighted by molar-refractivity contribution is 6.28. The summed E-state index contributed by atoms with van der Waals surface area (Å²) in [4.78, 5) is 40.3. The molecule has 1 fully saturated rings. The van der Waals surface area contributed by atoms with Crippen LogP contribution in [0, 0.1) is 0 Å². The summed E-state index contributed by atoms with van der Waals surface area (Å²) in [6.07, 6.45) is 9.78. The van der Waals surface area contributed by atoms with Crippen molar-refractivity contribution in [3.8, 4) is 5.75 Å². The molecule has 2 aromatic heterocycles. The molecule has 1 N–H and O–H groups in total. The van der Waals surface area contributed by atoms with Crippen molar-refractivity contribution in [2.75, 3.05) is 25.6 Å². The van der Waals surface area contributed by atoms with Crippen LogP contribution < -0.4 is 10.1 Å². The maximum Gasteiger partial charge on any atom is 0.341 e. The number of carbonyl (C=O) groups is 2. The lowest BCUT2D eigenvalue weighted by atomic mass is 9.71. The number of aromatic nitrogens is 4. The van der Waals surface area contributed by atoms with Crippen molar-refractivity contribution in [1.82, 2.24) is 19.9 Å². The van der Waals surface area contributed by atoms with Crippen LogP contribution in [0.4, 0.5) is 5.95 Å². The van der Waals surface area contributed by atoms with Crippen molar-refractivity contribution in [2.24, 2.45) is 0 Å². The molecule has 1 aliphatic carbocycles. The van der Waals surface area contributed by atoms with Crippen LogP contribution in [-0.4, -0.2) is 52.2 Å². The molecule has 2 heterocycles. The Kier molecular flexibility index (Phi) is 8.50. The maximum atomic E-state index is 12.2. The van der Waals surface area contributed by atoms with Gasteiger partial charge in [0.2, 0.25) is 11.2 Å². The van der Waals surface area contributed by atoms with E-state index in [1.54, 1.807) is 14.0 Å². The van der Waals surface area contributed by atoms with E-state index < -0.39 is 11.9 Å². The van der Waals surface area contributed by atoms with Crippen LogP contribution in [0.5, 0.6) is 5.75 Å². The van der Waals surface area contributed by atoms with Gasteiger partial charge in [-0.1, -0.05) is 6.07 Å². The van der Waals surface area contributed by atoms with Gasteiger partial charge < -0.3 is 19.5 Å². The number of halogens is 1. The Morgan fingerprint density at radius 1 is 1.00 bits per heavy atom. The van der Waals surface area contributed by atoms with E-state index in [1.165, 1.54) is 24.8 Å². The minimum Gasteiger partial charge on any atom is -0.496 e. The Bertz CT molecular complexity index is 1230. The molecule has 4 rings (SSSR count). The largest absolute Gasteiger partial charge is 0.496 e. The Morgan fingerprint density at radius 3 is 2.24 bits per heavy atom. The molecule has 0 atom stereocenters. The number of hydrogen-bond acceptors (Lipinski definition) is 10. The monoisotopic (exact) mass is 525 g/mol. The number of carbonyl (C=O) groups excluding carboxylic acids is 2. The van der Waals surface area contributed by atoms with E-state index >= 15 is 0 Å². The first-order valence-corrected chi connectivity index (χ1v) is 12.4. The second kappa shape index (κ2) is 12.0. The lowest BCUT2D eigenvalue weighted by Gasteiger charge is -2.43. The molecular formula is C26H28ClN5O5. The normalized spacial score (nSPS) is 13.8. The maximum absolute atomic E-state index is 12.2. The lowest BCUT2D eigenvalue weighted by molar-refractivity contribution is 0.0496. The number of nitrogens with zero attached hydrogens (tertiary/aromatic N) is 4. The van der Waals surface area contributed by atoms with E-state index in [0.29, 0.717) is 31.0 Å². The van der Waals surface area contributed by atoms with Crippen LogP contribution in [0.1, 0.15) is 64.4 Å². The number of rotatable bonds is 11. The van der Waals surface area contributed by atoms with Crippen molar-refractivity contribution in [1.29, 1.82) is 0 Å². The summed E-state index contributed by atoms with van der Waals surface area (Å²) in [5, 5.41) is 3.54. The topological polar surface area (TPSA) is 125 Å². The Labute approximate surface area is 219 Å². The molecular weight excluding hydrogens is 498 g/mol. The van der Waals surface area contributed by atoms with Crippen LogP contribution in [0.25, 0.3) is 0 Å². The number of esters is 2. The van der Waals surface area contributed by atoms with Crippen LogP contribution >= 0.6 is 11.6 Å². The first-order valence-electron chi connectivity index (χ1n) is 12.0. The zero-order chi connectivity index (χ0) is 26.3. The number of ether oxygens (including phenoxy) is 3. The van der Waals surface area contributed by atoms with Gasteiger partial charge in [0.1, 0.15) is 5.75 Å². The number of nitrogens with one attached hydrogen (secondary N) is 1. The average molecular weight is 526 g/mol. The highest BCUT2D eigenvalue weighted by atomic mass is 35.5. The first kappa shape index (κ1) is 26.3. The van der Waals surface area contributed by atoms with Gasteiger partial charge in [-0.25, -0.2) is 29.5 Å². The summed E-state index contributed by atoms with van der Waals surface area (Å²) >= 11 is 5.66. The molecule has 10 nitrogen and oxygen atoms in total. The van der Waals surface area contributed by atoms with E-state index in [0.717, 1.165) is 36.1 Å². The predicted octanol–water partition coefficient (Wildman–Crippen LogP) is 4.39. The number of anilines is 1.